The predicted molar refractivity (Wildman–Crippen MR) is 75.9 cm³/mol. The third-order valence-corrected chi connectivity index (χ3v) is 4.18. The van der Waals surface area contributed by atoms with Crippen LogP contribution in [0.5, 0.6) is 0 Å². The molecular weight excluding hydrogens is 236 g/mol. The Kier molecular flexibility index (Phi) is 3.93. The molecule has 0 bridgehead atoms. The number of hydrogen-bond donors (Lipinski definition) is 0. The summed E-state index contributed by atoms with van der Waals surface area (Å²) in [4.78, 5) is 2.23. The summed E-state index contributed by atoms with van der Waals surface area (Å²) in [5.74, 6) is 0. The van der Waals surface area contributed by atoms with Crippen molar-refractivity contribution in [1.29, 1.82) is 5.26 Å². The van der Waals surface area contributed by atoms with Gasteiger partial charge in [0.1, 0.15) is 5.41 Å². The van der Waals surface area contributed by atoms with Crippen LogP contribution in [0.3, 0.4) is 0 Å². The highest BCUT2D eigenvalue weighted by Crippen LogP contribution is 2.28. The molecule has 1 fully saturated rings. The molecule has 0 aliphatic carbocycles. The van der Waals surface area contributed by atoms with Gasteiger partial charge >= 0.3 is 0 Å². The summed E-state index contributed by atoms with van der Waals surface area (Å²) < 4.78 is 5.19. The van der Waals surface area contributed by atoms with Crippen molar-refractivity contribution < 1.29 is 4.74 Å². The standard InChI is InChI=1S/C16H22N2O/c1-12-5-6-15(14(3)13(12)2)7-18(4)9-16(8-17)10-19-11-16/h5-6H,7,9-11H2,1-4H3. The Hall–Kier alpha value is -1.37. The molecule has 0 unspecified atom stereocenters. The number of benzene rings is 1. The van der Waals surface area contributed by atoms with Crippen molar-refractivity contribution in [2.45, 2.75) is 27.3 Å². The van der Waals surface area contributed by atoms with Crippen LogP contribution >= 0.6 is 0 Å². The second kappa shape index (κ2) is 5.32. The molecule has 0 radical (unpaired) electrons. The largest absolute Gasteiger partial charge is 0.378 e. The molecule has 3 nitrogen and oxygen atoms in total. The third-order valence-electron chi connectivity index (χ3n) is 4.18. The van der Waals surface area contributed by atoms with Gasteiger partial charge in [-0.3, -0.25) is 0 Å². The molecule has 1 saturated heterocycles. The SMILES string of the molecule is Cc1ccc(CN(C)CC2(C#N)COC2)c(C)c1C. The molecule has 19 heavy (non-hydrogen) atoms. The van der Waals surface area contributed by atoms with Crippen LogP contribution < -0.4 is 0 Å². The summed E-state index contributed by atoms with van der Waals surface area (Å²) in [6, 6.07) is 6.78. The van der Waals surface area contributed by atoms with E-state index in [-0.39, 0.29) is 5.41 Å². The van der Waals surface area contributed by atoms with Gasteiger partial charge in [-0.1, -0.05) is 12.1 Å². The Morgan fingerprint density at radius 3 is 2.47 bits per heavy atom. The quantitative estimate of drug-likeness (QED) is 0.833. The normalized spacial score (nSPS) is 17.1. The van der Waals surface area contributed by atoms with Crippen LogP contribution in [-0.4, -0.2) is 31.7 Å². The van der Waals surface area contributed by atoms with Crippen molar-refractivity contribution >= 4 is 0 Å². The molecule has 0 N–H and O–H groups in total. The fourth-order valence-corrected chi connectivity index (χ4v) is 2.59. The maximum Gasteiger partial charge on any atom is 0.116 e. The molecule has 2 rings (SSSR count). The van der Waals surface area contributed by atoms with Gasteiger partial charge in [0.25, 0.3) is 0 Å². The van der Waals surface area contributed by atoms with E-state index in [1.807, 2.05) is 0 Å². The number of ether oxygens (including phenoxy) is 1. The van der Waals surface area contributed by atoms with Crippen LogP contribution in [0.4, 0.5) is 0 Å². The van der Waals surface area contributed by atoms with Crippen molar-refractivity contribution in [3.8, 4) is 6.07 Å². The summed E-state index contributed by atoms with van der Waals surface area (Å²) in [6.45, 7) is 9.29. The van der Waals surface area contributed by atoms with E-state index in [1.54, 1.807) is 0 Å². The van der Waals surface area contributed by atoms with Gasteiger partial charge in [-0.05, 0) is 50.1 Å². The molecule has 0 spiro atoms. The fourth-order valence-electron chi connectivity index (χ4n) is 2.59. The summed E-state index contributed by atoms with van der Waals surface area (Å²) >= 11 is 0. The zero-order chi connectivity index (χ0) is 14.0. The maximum absolute atomic E-state index is 9.23. The highest BCUT2D eigenvalue weighted by Gasteiger charge is 2.39. The van der Waals surface area contributed by atoms with Crippen molar-refractivity contribution in [1.82, 2.24) is 4.90 Å². The molecule has 1 aliphatic rings. The predicted octanol–water partition coefficient (Wildman–Crippen LogP) is 2.58. The van der Waals surface area contributed by atoms with Gasteiger partial charge in [0, 0.05) is 13.1 Å². The Balaban J connectivity index is 2.05. The van der Waals surface area contributed by atoms with E-state index in [2.05, 4.69) is 50.9 Å². The molecular formula is C16H22N2O. The minimum Gasteiger partial charge on any atom is -0.378 e. The Morgan fingerprint density at radius 2 is 1.95 bits per heavy atom. The lowest BCUT2D eigenvalue weighted by atomic mass is 9.87. The van der Waals surface area contributed by atoms with Gasteiger partial charge in [0.15, 0.2) is 0 Å². The van der Waals surface area contributed by atoms with Gasteiger partial charge in [-0.25, -0.2) is 0 Å². The van der Waals surface area contributed by atoms with Crippen molar-refractivity contribution in [2.24, 2.45) is 5.41 Å². The second-order valence-corrected chi connectivity index (χ2v) is 5.85. The van der Waals surface area contributed by atoms with Gasteiger partial charge in [0.05, 0.1) is 19.3 Å². The lowest BCUT2D eigenvalue weighted by molar-refractivity contribution is -0.0895. The highest BCUT2D eigenvalue weighted by atomic mass is 16.5. The van der Waals surface area contributed by atoms with Crippen LogP contribution in [0.1, 0.15) is 22.3 Å². The van der Waals surface area contributed by atoms with E-state index in [1.165, 1.54) is 22.3 Å². The Labute approximate surface area is 115 Å². The summed E-state index contributed by atoms with van der Waals surface area (Å²) in [5, 5.41) is 9.23. The first-order chi connectivity index (χ1) is 8.97. The van der Waals surface area contributed by atoms with E-state index in [4.69, 9.17) is 4.74 Å². The van der Waals surface area contributed by atoms with Gasteiger partial charge in [-0.15, -0.1) is 0 Å². The van der Waals surface area contributed by atoms with Crippen molar-refractivity contribution in [3.05, 3.63) is 34.4 Å². The van der Waals surface area contributed by atoms with Gasteiger partial charge in [0.2, 0.25) is 0 Å². The molecule has 3 heteroatoms. The number of nitriles is 1. The first-order valence-corrected chi connectivity index (χ1v) is 6.71. The molecule has 102 valence electrons. The molecule has 0 amide bonds. The average molecular weight is 258 g/mol. The minimum atomic E-state index is -0.289. The minimum absolute atomic E-state index is 0.289. The number of aryl methyl sites for hydroxylation is 1. The van der Waals surface area contributed by atoms with Crippen LogP contribution in [-0.2, 0) is 11.3 Å². The summed E-state index contributed by atoms with van der Waals surface area (Å²) in [6.07, 6.45) is 0. The molecule has 0 atom stereocenters. The average Bonchev–Trinajstić information content (AvgIpc) is 2.35. The first kappa shape index (κ1) is 14.0. The van der Waals surface area contributed by atoms with Gasteiger partial charge in [-0.2, -0.15) is 5.26 Å². The zero-order valence-corrected chi connectivity index (χ0v) is 12.3. The van der Waals surface area contributed by atoms with Gasteiger partial charge < -0.3 is 9.64 Å². The van der Waals surface area contributed by atoms with Crippen molar-refractivity contribution in [3.63, 3.8) is 0 Å². The fraction of sp³-hybridized carbons (Fsp3) is 0.562. The van der Waals surface area contributed by atoms with E-state index in [0.717, 1.165) is 13.1 Å². The summed E-state index contributed by atoms with van der Waals surface area (Å²) in [5.41, 5.74) is 5.13. The van der Waals surface area contributed by atoms with E-state index >= 15 is 0 Å². The number of hydrogen-bond acceptors (Lipinski definition) is 3. The maximum atomic E-state index is 9.23. The molecule has 0 aromatic heterocycles. The lowest BCUT2D eigenvalue weighted by Crippen LogP contribution is -2.48. The van der Waals surface area contributed by atoms with Crippen LogP contribution in [0.2, 0.25) is 0 Å². The second-order valence-electron chi connectivity index (χ2n) is 5.85. The zero-order valence-electron chi connectivity index (χ0n) is 12.3. The van der Waals surface area contributed by atoms with Crippen LogP contribution in [0.25, 0.3) is 0 Å². The molecule has 1 aromatic rings. The topological polar surface area (TPSA) is 36.3 Å². The summed E-state index contributed by atoms with van der Waals surface area (Å²) in [7, 11) is 2.08. The Bertz CT molecular complexity index is 512. The molecule has 0 saturated carbocycles. The monoisotopic (exact) mass is 258 g/mol. The third kappa shape index (κ3) is 2.80. The molecule has 1 aliphatic heterocycles. The van der Waals surface area contributed by atoms with E-state index in [0.29, 0.717) is 13.2 Å². The van der Waals surface area contributed by atoms with Crippen LogP contribution in [0.15, 0.2) is 12.1 Å². The van der Waals surface area contributed by atoms with Crippen LogP contribution in [0, 0.1) is 37.5 Å². The first-order valence-electron chi connectivity index (χ1n) is 6.71. The lowest BCUT2D eigenvalue weighted by Gasteiger charge is -2.38. The van der Waals surface area contributed by atoms with Crippen molar-refractivity contribution in [2.75, 3.05) is 26.8 Å². The van der Waals surface area contributed by atoms with E-state index < -0.39 is 0 Å². The molecule has 1 aromatic carbocycles. The van der Waals surface area contributed by atoms with E-state index in [9.17, 15) is 5.26 Å². The molecule has 1 heterocycles. The number of nitrogens with zero attached hydrogens (tertiary/aromatic N) is 2. The highest BCUT2D eigenvalue weighted by molar-refractivity contribution is 5.38. The number of rotatable bonds is 4. The Morgan fingerprint density at radius 1 is 1.26 bits per heavy atom. The smallest absolute Gasteiger partial charge is 0.116 e.